The standard InChI is InChI=1S/C22H28N4O5S/c1-3-30-22(29)16-6-4-5-7-17(16)31-15-10-8-14(9-11-15)25-21-18(20(28)26-32-21)19(23)24-13(2)12-27/h4-8,10,13,20,25-28H,3,9,11-12H2,1-2H3,(H2,23,24). The van der Waals surface area contributed by atoms with Crippen LogP contribution < -0.4 is 20.5 Å². The molecule has 32 heavy (non-hydrogen) atoms. The maximum atomic E-state index is 12.1. The van der Waals surface area contributed by atoms with Gasteiger partial charge >= 0.3 is 5.97 Å². The van der Waals surface area contributed by atoms with Crippen molar-refractivity contribution in [3.63, 3.8) is 0 Å². The lowest BCUT2D eigenvalue weighted by molar-refractivity contribution is 0.0523. The molecule has 0 saturated carbocycles. The molecule has 0 aromatic heterocycles. The van der Waals surface area contributed by atoms with Crippen molar-refractivity contribution in [2.24, 2.45) is 10.7 Å². The molecule has 172 valence electrons. The van der Waals surface area contributed by atoms with Crippen LogP contribution in [0.15, 0.2) is 63.5 Å². The predicted molar refractivity (Wildman–Crippen MR) is 123 cm³/mol. The molecular weight excluding hydrogens is 432 g/mol. The molecule has 0 spiro atoms. The topological polar surface area (TPSA) is 138 Å². The fourth-order valence-electron chi connectivity index (χ4n) is 3.08. The second kappa shape index (κ2) is 11.2. The molecule has 1 aliphatic carbocycles. The second-order valence-electron chi connectivity index (χ2n) is 7.18. The van der Waals surface area contributed by atoms with Crippen LogP contribution in [-0.4, -0.2) is 47.5 Å². The molecule has 2 unspecified atom stereocenters. The lowest BCUT2D eigenvalue weighted by Crippen LogP contribution is -2.30. The van der Waals surface area contributed by atoms with Gasteiger partial charge in [-0.2, -0.15) is 0 Å². The van der Waals surface area contributed by atoms with E-state index in [-0.39, 0.29) is 18.5 Å². The second-order valence-corrected chi connectivity index (χ2v) is 8.03. The number of allylic oxidation sites excluding steroid dienone is 4. The van der Waals surface area contributed by atoms with Crippen molar-refractivity contribution in [1.29, 1.82) is 0 Å². The number of amidine groups is 1. The van der Waals surface area contributed by atoms with Gasteiger partial charge in [0, 0.05) is 12.1 Å². The van der Waals surface area contributed by atoms with E-state index in [4.69, 9.17) is 15.2 Å². The molecule has 0 fully saturated rings. The number of rotatable bonds is 9. The van der Waals surface area contributed by atoms with E-state index in [9.17, 15) is 15.0 Å². The lowest BCUT2D eigenvalue weighted by Gasteiger charge is -2.19. The number of aliphatic hydroxyl groups is 2. The van der Waals surface area contributed by atoms with Gasteiger partial charge in [0.1, 0.15) is 29.1 Å². The number of nitrogens with one attached hydrogen (secondary N) is 2. The Bertz CT molecular complexity index is 973. The molecule has 1 aromatic rings. The van der Waals surface area contributed by atoms with E-state index >= 15 is 0 Å². The lowest BCUT2D eigenvalue weighted by atomic mass is 10.1. The van der Waals surface area contributed by atoms with Crippen LogP contribution in [-0.2, 0) is 4.74 Å². The first-order valence-corrected chi connectivity index (χ1v) is 11.1. The minimum absolute atomic E-state index is 0.134. The molecule has 1 heterocycles. The highest BCUT2D eigenvalue weighted by molar-refractivity contribution is 8.01. The number of ether oxygens (including phenoxy) is 2. The third-order valence-corrected chi connectivity index (χ3v) is 5.57. The number of esters is 1. The van der Waals surface area contributed by atoms with Gasteiger partial charge in [-0.05, 0) is 56.5 Å². The van der Waals surface area contributed by atoms with Gasteiger partial charge in [0.2, 0.25) is 0 Å². The van der Waals surface area contributed by atoms with E-state index in [1.807, 2.05) is 12.2 Å². The zero-order chi connectivity index (χ0) is 23.1. The summed E-state index contributed by atoms with van der Waals surface area (Å²) in [6.07, 6.45) is 4.03. The highest BCUT2D eigenvalue weighted by Gasteiger charge is 2.28. The van der Waals surface area contributed by atoms with E-state index in [2.05, 4.69) is 15.0 Å². The Hall–Kier alpha value is -2.79. The smallest absolute Gasteiger partial charge is 0.341 e. The normalized spacial score (nSPS) is 19.9. The average molecular weight is 461 g/mol. The minimum atomic E-state index is -0.963. The summed E-state index contributed by atoms with van der Waals surface area (Å²) in [5.41, 5.74) is 7.79. The monoisotopic (exact) mass is 460 g/mol. The van der Waals surface area contributed by atoms with Gasteiger partial charge in [0.05, 0.1) is 29.9 Å². The fourth-order valence-corrected chi connectivity index (χ4v) is 3.93. The zero-order valence-electron chi connectivity index (χ0n) is 18.0. The van der Waals surface area contributed by atoms with Crippen molar-refractivity contribution in [2.75, 3.05) is 13.2 Å². The molecular formula is C22H28N4O5S. The Morgan fingerprint density at radius 3 is 2.84 bits per heavy atom. The van der Waals surface area contributed by atoms with Gasteiger partial charge in [-0.15, -0.1) is 0 Å². The summed E-state index contributed by atoms with van der Waals surface area (Å²) in [7, 11) is 0. The van der Waals surface area contributed by atoms with Crippen LogP contribution in [0.5, 0.6) is 5.75 Å². The largest absolute Gasteiger partial charge is 0.462 e. The molecule has 6 N–H and O–H groups in total. The van der Waals surface area contributed by atoms with Crippen LogP contribution in [0.25, 0.3) is 0 Å². The van der Waals surface area contributed by atoms with Crippen LogP contribution in [0.3, 0.4) is 0 Å². The summed E-state index contributed by atoms with van der Waals surface area (Å²) in [5.74, 6) is 0.922. The highest BCUT2D eigenvalue weighted by atomic mass is 32.2. The highest BCUT2D eigenvalue weighted by Crippen LogP contribution is 2.29. The summed E-state index contributed by atoms with van der Waals surface area (Å²) in [5, 5.41) is 23.3. The van der Waals surface area contributed by atoms with Crippen molar-refractivity contribution < 1.29 is 24.5 Å². The third-order valence-electron chi connectivity index (χ3n) is 4.70. The first-order valence-electron chi connectivity index (χ1n) is 10.3. The van der Waals surface area contributed by atoms with Gasteiger partial charge in [0.15, 0.2) is 0 Å². The molecule has 0 radical (unpaired) electrons. The van der Waals surface area contributed by atoms with Gasteiger partial charge in [0.25, 0.3) is 0 Å². The van der Waals surface area contributed by atoms with Crippen molar-refractivity contribution in [1.82, 2.24) is 10.0 Å². The first kappa shape index (κ1) is 23.9. The van der Waals surface area contributed by atoms with E-state index < -0.39 is 12.2 Å². The number of carbonyl (C=O) groups is 1. The number of benzene rings is 1. The molecule has 0 amide bonds. The number of para-hydroxylation sites is 1. The van der Waals surface area contributed by atoms with Crippen molar-refractivity contribution in [2.45, 2.75) is 39.0 Å². The van der Waals surface area contributed by atoms with E-state index in [1.54, 1.807) is 38.1 Å². The number of aliphatic hydroxyl groups excluding tert-OH is 2. The molecule has 9 nitrogen and oxygen atoms in total. The summed E-state index contributed by atoms with van der Waals surface area (Å²) in [6, 6.07) is 6.61. The zero-order valence-corrected chi connectivity index (χ0v) is 18.8. The molecule has 0 bridgehead atoms. The third kappa shape index (κ3) is 5.92. The average Bonchev–Trinajstić information content (AvgIpc) is 3.15. The number of nitrogens with two attached hydrogens (primary N) is 1. The van der Waals surface area contributed by atoms with Crippen molar-refractivity contribution >= 4 is 23.8 Å². The van der Waals surface area contributed by atoms with Crippen molar-refractivity contribution in [3.8, 4) is 5.75 Å². The van der Waals surface area contributed by atoms with Crippen LogP contribution in [0.1, 0.15) is 37.0 Å². The maximum Gasteiger partial charge on any atom is 0.341 e. The Labute approximate surface area is 191 Å². The SMILES string of the molecule is CCOC(=O)c1ccccc1OC1=CC=C(NC2=C(C(N)=NC(C)CO)C(O)NS2)CC1. The Kier molecular flexibility index (Phi) is 8.34. The molecule has 0 saturated heterocycles. The van der Waals surface area contributed by atoms with Crippen LogP contribution in [0.4, 0.5) is 0 Å². The minimum Gasteiger partial charge on any atom is -0.462 e. The number of carbonyl (C=O) groups excluding carboxylic acids is 1. The summed E-state index contributed by atoms with van der Waals surface area (Å²) >= 11 is 1.23. The summed E-state index contributed by atoms with van der Waals surface area (Å²) < 4.78 is 13.9. The predicted octanol–water partition coefficient (Wildman–Crippen LogP) is 1.91. The molecule has 2 atom stereocenters. The molecule has 2 aliphatic rings. The Balaban J connectivity index is 1.73. The van der Waals surface area contributed by atoms with Gasteiger partial charge in [-0.25, -0.2) is 9.52 Å². The van der Waals surface area contributed by atoms with Crippen LogP contribution in [0, 0.1) is 0 Å². The molecule has 10 heteroatoms. The van der Waals surface area contributed by atoms with Gasteiger partial charge in [-0.3, -0.25) is 4.99 Å². The quantitative estimate of drug-likeness (QED) is 0.162. The fraction of sp³-hybridized carbons (Fsp3) is 0.364. The van der Waals surface area contributed by atoms with Gasteiger partial charge in [-0.1, -0.05) is 12.1 Å². The van der Waals surface area contributed by atoms with E-state index in [0.717, 1.165) is 11.5 Å². The summed E-state index contributed by atoms with van der Waals surface area (Å²) in [6.45, 7) is 3.65. The molecule has 1 aromatic carbocycles. The van der Waals surface area contributed by atoms with Crippen LogP contribution in [0.2, 0.25) is 0 Å². The molecule has 3 rings (SSSR count). The Morgan fingerprint density at radius 1 is 1.38 bits per heavy atom. The summed E-state index contributed by atoms with van der Waals surface area (Å²) in [4.78, 5) is 16.3. The number of hydrogen-bond donors (Lipinski definition) is 5. The number of hydrogen-bond acceptors (Lipinski definition) is 9. The van der Waals surface area contributed by atoms with E-state index in [0.29, 0.717) is 41.4 Å². The van der Waals surface area contributed by atoms with Gasteiger partial charge < -0.3 is 30.7 Å². The molecule has 1 aliphatic heterocycles. The number of nitrogens with zero attached hydrogens (tertiary/aromatic N) is 1. The van der Waals surface area contributed by atoms with E-state index in [1.165, 1.54) is 11.9 Å². The van der Waals surface area contributed by atoms with Crippen molar-refractivity contribution in [3.05, 3.63) is 64.0 Å². The van der Waals surface area contributed by atoms with Crippen LogP contribution >= 0.6 is 11.9 Å². The first-order chi connectivity index (χ1) is 15.4. The maximum absolute atomic E-state index is 12.1. The Morgan fingerprint density at radius 2 is 2.16 bits per heavy atom. The number of aliphatic imine (C=N–C) groups is 1.